The summed E-state index contributed by atoms with van der Waals surface area (Å²) in [5.74, 6) is 0.0729. The van der Waals surface area contributed by atoms with E-state index in [0.717, 1.165) is 0 Å². The first-order valence-corrected chi connectivity index (χ1v) is 3.60. The third-order valence-corrected chi connectivity index (χ3v) is 1.72. The molecular formula is C7H3ClN4. The van der Waals surface area contributed by atoms with Gasteiger partial charge in [0.2, 0.25) is 0 Å². The van der Waals surface area contributed by atoms with Crippen LogP contribution in [0.4, 0.5) is 0 Å². The van der Waals surface area contributed by atoms with Crippen LogP contribution < -0.4 is 0 Å². The quantitative estimate of drug-likeness (QED) is 0.610. The van der Waals surface area contributed by atoms with Gasteiger partial charge in [-0.2, -0.15) is 5.26 Å². The SMILES string of the molecule is N#Cc1nc(Cl)c2cccn2n1. The summed E-state index contributed by atoms with van der Waals surface area (Å²) in [7, 11) is 0. The molecule has 0 aromatic carbocycles. The first kappa shape index (κ1) is 7.07. The van der Waals surface area contributed by atoms with E-state index in [1.165, 1.54) is 4.52 Å². The number of hydrogen-bond donors (Lipinski definition) is 0. The smallest absolute Gasteiger partial charge is 0.235 e. The molecule has 12 heavy (non-hydrogen) atoms. The van der Waals surface area contributed by atoms with Crippen LogP contribution in [0.1, 0.15) is 5.82 Å². The summed E-state index contributed by atoms with van der Waals surface area (Å²) < 4.78 is 1.52. The normalized spacial score (nSPS) is 10.0. The highest BCUT2D eigenvalue weighted by Crippen LogP contribution is 2.13. The Hall–Kier alpha value is -1.60. The number of hydrogen-bond acceptors (Lipinski definition) is 3. The molecule has 0 radical (unpaired) electrons. The Labute approximate surface area is 73.0 Å². The molecule has 0 saturated heterocycles. The lowest BCUT2D eigenvalue weighted by Crippen LogP contribution is -1.97. The fourth-order valence-electron chi connectivity index (χ4n) is 0.945. The molecule has 2 aromatic heterocycles. The number of nitriles is 1. The van der Waals surface area contributed by atoms with Crippen molar-refractivity contribution in [2.75, 3.05) is 0 Å². The van der Waals surface area contributed by atoms with E-state index >= 15 is 0 Å². The van der Waals surface area contributed by atoms with Crippen LogP contribution in [0.3, 0.4) is 0 Å². The van der Waals surface area contributed by atoms with Gasteiger partial charge < -0.3 is 0 Å². The molecule has 0 amide bonds. The average molecular weight is 179 g/mol. The highest BCUT2D eigenvalue weighted by atomic mass is 35.5. The summed E-state index contributed by atoms with van der Waals surface area (Å²) in [6, 6.07) is 5.39. The maximum absolute atomic E-state index is 8.51. The maximum atomic E-state index is 8.51. The van der Waals surface area contributed by atoms with Gasteiger partial charge in [0.25, 0.3) is 5.82 Å². The van der Waals surface area contributed by atoms with Crippen LogP contribution in [0.2, 0.25) is 5.15 Å². The number of halogens is 1. The van der Waals surface area contributed by atoms with E-state index in [0.29, 0.717) is 10.7 Å². The van der Waals surface area contributed by atoms with E-state index in [1.54, 1.807) is 18.3 Å². The van der Waals surface area contributed by atoms with Crippen molar-refractivity contribution in [1.29, 1.82) is 5.26 Å². The van der Waals surface area contributed by atoms with Crippen molar-refractivity contribution in [1.82, 2.24) is 14.6 Å². The first-order valence-electron chi connectivity index (χ1n) is 3.22. The standard InChI is InChI=1S/C7H3ClN4/c8-7-5-2-1-3-12(5)11-6(4-9)10-7/h1-3H. The van der Waals surface area contributed by atoms with Gasteiger partial charge in [0.1, 0.15) is 11.6 Å². The molecule has 2 heterocycles. The molecule has 0 fully saturated rings. The molecule has 0 saturated carbocycles. The summed E-state index contributed by atoms with van der Waals surface area (Å²) >= 11 is 5.76. The van der Waals surface area contributed by atoms with Crippen LogP contribution in [-0.2, 0) is 0 Å². The Morgan fingerprint density at radius 3 is 3.17 bits per heavy atom. The Kier molecular flexibility index (Phi) is 1.45. The van der Waals surface area contributed by atoms with Crippen LogP contribution >= 0.6 is 11.6 Å². The lowest BCUT2D eigenvalue weighted by atomic mass is 10.5. The van der Waals surface area contributed by atoms with Gasteiger partial charge in [0.15, 0.2) is 5.15 Å². The molecule has 0 aliphatic rings. The van der Waals surface area contributed by atoms with E-state index in [2.05, 4.69) is 10.1 Å². The fraction of sp³-hybridized carbons (Fsp3) is 0. The molecule has 4 nitrogen and oxygen atoms in total. The zero-order chi connectivity index (χ0) is 8.55. The Bertz CT molecular complexity index is 468. The molecule has 2 aromatic rings. The van der Waals surface area contributed by atoms with Crippen molar-refractivity contribution in [2.45, 2.75) is 0 Å². The third-order valence-electron chi connectivity index (χ3n) is 1.45. The van der Waals surface area contributed by atoms with E-state index in [1.807, 2.05) is 6.07 Å². The number of fused-ring (bicyclic) bond motifs is 1. The van der Waals surface area contributed by atoms with Gasteiger partial charge in [0.05, 0.1) is 0 Å². The Morgan fingerprint density at radius 1 is 1.58 bits per heavy atom. The molecule has 0 spiro atoms. The van der Waals surface area contributed by atoms with Crippen molar-refractivity contribution in [3.8, 4) is 6.07 Å². The van der Waals surface area contributed by atoms with Crippen LogP contribution in [-0.4, -0.2) is 14.6 Å². The minimum absolute atomic E-state index is 0.0729. The van der Waals surface area contributed by atoms with Gasteiger partial charge in [-0.15, -0.1) is 5.10 Å². The van der Waals surface area contributed by atoms with Crippen LogP contribution in [0.15, 0.2) is 18.3 Å². The maximum Gasteiger partial charge on any atom is 0.252 e. The zero-order valence-electron chi connectivity index (χ0n) is 5.90. The largest absolute Gasteiger partial charge is 0.252 e. The zero-order valence-corrected chi connectivity index (χ0v) is 6.65. The van der Waals surface area contributed by atoms with Gasteiger partial charge in [-0.05, 0) is 12.1 Å². The second-order valence-corrected chi connectivity index (χ2v) is 2.53. The van der Waals surface area contributed by atoms with Gasteiger partial charge >= 0.3 is 0 Å². The molecule has 2 rings (SSSR count). The number of aromatic nitrogens is 3. The topological polar surface area (TPSA) is 54.0 Å². The Morgan fingerprint density at radius 2 is 2.42 bits per heavy atom. The van der Waals surface area contributed by atoms with E-state index in [4.69, 9.17) is 16.9 Å². The molecule has 0 atom stereocenters. The highest BCUT2D eigenvalue weighted by Gasteiger charge is 2.03. The van der Waals surface area contributed by atoms with Crippen LogP contribution in [0.25, 0.3) is 5.52 Å². The summed E-state index contributed by atoms with van der Waals surface area (Å²) in [4.78, 5) is 3.76. The predicted molar refractivity (Wildman–Crippen MR) is 42.7 cm³/mol. The lowest BCUT2D eigenvalue weighted by molar-refractivity contribution is 0.883. The molecule has 58 valence electrons. The summed E-state index contributed by atoms with van der Waals surface area (Å²) in [6.07, 6.45) is 1.71. The monoisotopic (exact) mass is 178 g/mol. The second-order valence-electron chi connectivity index (χ2n) is 2.18. The summed E-state index contributed by atoms with van der Waals surface area (Å²) in [5.41, 5.74) is 0.704. The highest BCUT2D eigenvalue weighted by molar-refractivity contribution is 6.32. The van der Waals surface area contributed by atoms with Gasteiger partial charge in [-0.3, -0.25) is 0 Å². The van der Waals surface area contributed by atoms with E-state index in [-0.39, 0.29) is 5.82 Å². The van der Waals surface area contributed by atoms with Crippen molar-refractivity contribution < 1.29 is 0 Å². The van der Waals surface area contributed by atoms with E-state index < -0.39 is 0 Å². The lowest BCUT2D eigenvalue weighted by Gasteiger charge is -1.94. The van der Waals surface area contributed by atoms with Crippen molar-refractivity contribution in [2.24, 2.45) is 0 Å². The van der Waals surface area contributed by atoms with Crippen molar-refractivity contribution in [3.63, 3.8) is 0 Å². The molecule has 0 aliphatic heterocycles. The summed E-state index contributed by atoms with van der Waals surface area (Å²) in [6.45, 7) is 0. The predicted octanol–water partition coefficient (Wildman–Crippen LogP) is 1.25. The summed E-state index contributed by atoms with van der Waals surface area (Å²) in [5, 5.41) is 12.7. The average Bonchev–Trinajstić information content (AvgIpc) is 2.52. The number of nitrogens with zero attached hydrogens (tertiary/aromatic N) is 4. The van der Waals surface area contributed by atoms with Crippen LogP contribution in [0.5, 0.6) is 0 Å². The van der Waals surface area contributed by atoms with Crippen molar-refractivity contribution >= 4 is 17.1 Å². The molecule has 0 bridgehead atoms. The number of rotatable bonds is 0. The molecule has 0 N–H and O–H groups in total. The van der Waals surface area contributed by atoms with Crippen molar-refractivity contribution in [3.05, 3.63) is 29.3 Å². The van der Waals surface area contributed by atoms with Gasteiger partial charge in [0, 0.05) is 6.20 Å². The second kappa shape index (κ2) is 2.47. The van der Waals surface area contributed by atoms with Crippen LogP contribution in [0, 0.1) is 11.3 Å². The Balaban J connectivity index is 2.86. The minimum atomic E-state index is 0.0729. The molecule has 0 aliphatic carbocycles. The molecular weight excluding hydrogens is 176 g/mol. The molecule has 5 heteroatoms. The molecule has 0 unspecified atom stereocenters. The third kappa shape index (κ3) is 0.917. The first-order chi connectivity index (χ1) is 5.81. The van der Waals surface area contributed by atoms with Gasteiger partial charge in [-0.1, -0.05) is 11.6 Å². The van der Waals surface area contributed by atoms with E-state index in [9.17, 15) is 0 Å². The van der Waals surface area contributed by atoms with Gasteiger partial charge in [-0.25, -0.2) is 9.50 Å². The minimum Gasteiger partial charge on any atom is -0.235 e. The fourth-order valence-corrected chi connectivity index (χ4v) is 1.17.